The van der Waals surface area contributed by atoms with Crippen LogP contribution in [0.25, 0.3) is 6.08 Å². The molecule has 0 fully saturated rings. The van der Waals surface area contributed by atoms with E-state index >= 15 is 0 Å². The molecular formula is C19H23ClN2O2S. The minimum atomic E-state index is -0.244. The summed E-state index contributed by atoms with van der Waals surface area (Å²) in [6.07, 6.45) is 5.06. The molecule has 1 heterocycles. The normalized spacial score (nSPS) is 11.6. The molecule has 134 valence electrons. The van der Waals surface area contributed by atoms with Crippen molar-refractivity contribution < 1.29 is 9.53 Å². The van der Waals surface area contributed by atoms with E-state index in [1.54, 1.807) is 31.8 Å². The van der Waals surface area contributed by atoms with Gasteiger partial charge in [0, 0.05) is 23.3 Å². The number of benzene rings is 1. The minimum Gasteiger partial charge on any atom is -0.431 e. The van der Waals surface area contributed by atoms with Gasteiger partial charge in [-0.3, -0.25) is 4.79 Å². The molecule has 0 radical (unpaired) electrons. The lowest BCUT2D eigenvalue weighted by Gasteiger charge is -2.12. The van der Waals surface area contributed by atoms with Crippen LogP contribution in [-0.4, -0.2) is 21.3 Å². The van der Waals surface area contributed by atoms with Gasteiger partial charge in [0.15, 0.2) is 5.16 Å². The molecule has 4 nitrogen and oxygen atoms in total. The standard InChI is InChI=1S/C19H23ClN2O2S/c1-4-10-25-19-21-12-16(11-14(3)24-18(23)5-2)22(19)13-15-8-6-7-9-17(15)20/h6-9,11-12H,4-5,10,13H2,1-3H3. The molecule has 0 atom stereocenters. The number of hydrogen-bond acceptors (Lipinski definition) is 4. The lowest BCUT2D eigenvalue weighted by Crippen LogP contribution is -2.06. The summed E-state index contributed by atoms with van der Waals surface area (Å²) in [4.78, 5) is 16.0. The first-order valence-electron chi connectivity index (χ1n) is 8.35. The summed E-state index contributed by atoms with van der Waals surface area (Å²) < 4.78 is 7.37. The van der Waals surface area contributed by atoms with Crippen LogP contribution >= 0.6 is 23.4 Å². The van der Waals surface area contributed by atoms with Gasteiger partial charge in [-0.15, -0.1) is 0 Å². The lowest BCUT2D eigenvalue weighted by atomic mass is 10.2. The summed E-state index contributed by atoms with van der Waals surface area (Å²) in [5, 5.41) is 1.66. The molecule has 2 aromatic rings. The minimum absolute atomic E-state index is 0.244. The second-order valence-electron chi connectivity index (χ2n) is 5.57. The van der Waals surface area contributed by atoms with Crippen LogP contribution in [0, 0.1) is 0 Å². The molecule has 25 heavy (non-hydrogen) atoms. The number of nitrogens with zero attached hydrogens (tertiary/aromatic N) is 2. The lowest BCUT2D eigenvalue weighted by molar-refractivity contribution is -0.138. The van der Waals surface area contributed by atoms with Crippen LogP contribution in [0.4, 0.5) is 0 Å². The Morgan fingerprint density at radius 1 is 1.36 bits per heavy atom. The molecular weight excluding hydrogens is 356 g/mol. The van der Waals surface area contributed by atoms with Gasteiger partial charge in [-0.2, -0.15) is 0 Å². The summed E-state index contributed by atoms with van der Waals surface area (Å²) in [5.41, 5.74) is 1.92. The van der Waals surface area contributed by atoms with Crippen molar-refractivity contribution in [2.24, 2.45) is 0 Å². The van der Waals surface area contributed by atoms with Crippen LogP contribution in [-0.2, 0) is 16.1 Å². The number of ether oxygens (including phenoxy) is 1. The number of carbonyl (C=O) groups excluding carboxylic acids is 1. The van der Waals surface area contributed by atoms with Gasteiger partial charge in [-0.05, 0) is 25.0 Å². The largest absolute Gasteiger partial charge is 0.431 e. The quantitative estimate of drug-likeness (QED) is 0.350. The Balaban J connectivity index is 2.33. The number of allylic oxidation sites excluding steroid dienone is 1. The van der Waals surface area contributed by atoms with Crippen molar-refractivity contribution in [3.8, 4) is 0 Å². The topological polar surface area (TPSA) is 44.1 Å². The third kappa shape index (κ3) is 5.65. The van der Waals surface area contributed by atoms with Crippen LogP contribution < -0.4 is 0 Å². The molecule has 2 rings (SSSR count). The highest BCUT2D eigenvalue weighted by Gasteiger charge is 2.12. The van der Waals surface area contributed by atoms with Gasteiger partial charge in [0.25, 0.3) is 0 Å². The van der Waals surface area contributed by atoms with E-state index in [1.165, 1.54) is 0 Å². The molecule has 1 aromatic carbocycles. The zero-order chi connectivity index (χ0) is 18.2. The van der Waals surface area contributed by atoms with Crippen molar-refractivity contribution >= 4 is 35.4 Å². The molecule has 0 unspecified atom stereocenters. The van der Waals surface area contributed by atoms with E-state index in [1.807, 2.05) is 30.3 Å². The van der Waals surface area contributed by atoms with Crippen LogP contribution in [0.1, 0.15) is 44.9 Å². The summed E-state index contributed by atoms with van der Waals surface area (Å²) >= 11 is 8.03. The van der Waals surface area contributed by atoms with Crippen LogP contribution in [0.2, 0.25) is 5.02 Å². The Hall–Kier alpha value is -1.72. The Kier molecular flexibility index (Phi) is 7.59. The number of carbonyl (C=O) groups is 1. The number of thioether (sulfide) groups is 1. The number of aromatic nitrogens is 2. The number of rotatable bonds is 8. The maximum atomic E-state index is 11.5. The Bertz CT molecular complexity index is 756. The zero-order valence-electron chi connectivity index (χ0n) is 14.8. The van der Waals surface area contributed by atoms with Gasteiger partial charge < -0.3 is 9.30 Å². The molecule has 0 aliphatic rings. The average Bonchev–Trinajstić information content (AvgIpc) is 2.96. The SMILES string of the molecule is CCCSc1ncc(C=C(C)OC(=O)CC)n1Cc1ccccc1Cl. The summed E-state index contributed by atoms with van der Waals surface area (Å²) in [6, 6.07) is 7.78. The molecule has 1 aromatic heterocycles. The molecule has 6 heteroatoms. The van der Waals surface area contributed by atoms with Crippen molar-refractivity contribution in [3.63, 3.8) is 0 Å². The van der Waals surface area contributed by atoms with Crippen LogP contribution in [0.15, 0.2) is 41.4 Å². The highest BCUT2D eigenvalue weighted by Crippen LogP contribution is 2.25. The van der Waals surface area contributed by atoms with Crippen LogP contribution in [0.3, 0.4) is 0 Å². The van der Waals surface area contributed by atoms with Gasteiger partial charge in [0.05, 0.1) is 18.4 Å². The highest BCUT2D eigenvalue weighted by atomic mass is 35.5. The van der Waals surface area contributed by atoms with E-state index < -0.39 is 0 Å². The van der Waals surface area contributed by atoms with Crippen molar-refractivity contribution in [1.29, 1.82) is 0 Å². The zero-order valence-corrected chi connectivity index (χ0v) is 16.4. The summed E-state index contributed by atoms with van der Waals surface area (Å²) in [7, 11) is 0. The molecule has 0 N–H and O–H groups in total. The summed E-state index contributed by atoms with van der Waals surface area (Å²) in [6.45, 7) is 6.31. The molecule has 0 spiro atoms. The first kappa shape index (κ1) is 19.6. The fourth-order valence-electron chi connectivity index (χ4n) is 2.24. The van der Waals surface area contributed by atoms with E-state index in [9.17, 15) is 4.79 Å². The number of imidazole rings is 1. The van der Waals surface area contributed by atoms with Crippen molar-refractivity contribution in [1.82, 2.24) is 9.55 Å². The average molecular weight is 379 g/mol. The predicted octanol–water partition coefficient (Wildman–Crippen LogP) is 5.40. The molecule has 0 saturated carbocycles. The third-order valence-electron chi connectivity index (χ3n) is 3.49. The number of hydrogen-bond donors (Lipinski definition) is 0. The molecule has 0 bridgehead atoms. The van der Waals surface area contributed by atoms with Gasteiger partial charge in [0.2, 0.25) is 0 Å². The van der Waals surface area contributed by atoms with Gasteiger partial charge in [-0.1, -0.05) is 55.4 Å². The second kappa shape index (κ2) is 9.68. The fraction of sp³-hybridized carbons (Fsp3) is 0.368. The summed E-state index contributed by atoms with van der Waals surface area (Å²) in [5.74, 6) is 1.30. The molecule has 0 saturated heterocycles. The van der Waals surface area contributed by atoms with Gasteiger partial charge >= 0.3 is 5.97 Å². The smallest absolute Gasteiger partial charge is 0.310 e. The van der Waals surface area contributed by atoms with E-state index in [0.717, 1.165) is 33.6 Å². The Morgan fingerprint density at radius 2 is 2.12 bits per heavy atom. The van der Waals surface area contributed by atoms with Gasteiger partial charge in [0.1, 0.15) is 5.76 Å². The van der Waals surface area contributed by atoms with Crippen molar-refractivity contribution in [2.45, 2.75) is 45.3 Å². The van der Waals surface area contributed by atoms with Gasteiger partial charge in [-0.25, -0.2) is 4.98 Å². The third-order valence-corrected chi connectivity index (χ3v) is 5.05. The number of halogens is 1. The highest BCUT2D eigenvalue weighted by molar-refractivity contribution is 7.99. The van der Waals surface area contributed by atoms with Crippen molar-refractivity contribution in [2.75, 3.05) is 5.75 Å². The Morgan fingerprint density at radius 3 is 2.80 bits per heavy atom. The second-order valence-corrected chi connectivity index (χ2v) is 7.04. The predicted molar refractivity (Wildman–Crippen MR) is 104 cm³/mol. The first-order chi connectivity index (χ1) is 12.0. The monoisotopic (exact) mass is 378 g/mol. The first-order valence-corrected chi connectivity index (χ1v) is 9.72. The molecule has 0 amide bonds. The maximum absolute atomic E-state index is 11.5. The maximum Gasteiger partial charge on any atom is 0.310 e. The van der Waals surface area contributed by atoms with E-state index in [-0.39, 0.29) is 5.97 Å². The van der Waals surface area contributed by atoms with E-state index in [0.29, 0.717) is 18.7 Å². The number of esters is 1. The van der Waals surface area contributed by atoms with E-state index in [2.05, 4.69) is 16.5 Å². The fourth-order valence-corrected chi connectivity index (χ4v) is 3.28. The van der Waals surface area contributed by atoms with Crippen molar-refractivity contribution in [3.05, 3.63) is 52.5 Å². The van der Waals surface area contributed by atoms with E-state index in [4.69, 9.17) is 16.3 Å². The Labute approximate surface area is 158 Å². The molecule has 0 aliphatic carbocycles. The molecule has 0 aliphatic heterocycles. The van der Waals surface area contributed by atoms with Crippen LogP contribution in [0.5, 0.6) is 0 Å².